The minimum atomic E-state index is 0.901. The number of para-hydroxylation sites is 3. The lowest BCUT2D eigenvalue weighted by Gasteiger charge is -2.37. The van der Waals surface area contributed by atoms with E-state index >= 15 is 0 Å². The number of aliphatic imine (C=N–C) groups is 1. The fraction of sp³-hybridized carbons (Fsp3) is 0.364. The molecule has 146 valence electrons. The number of imidazole rings is 1. The summed E-state index contributed by atoms with van der Waals surface area (Å²) in [5, 5.41) is 3.53. The normalized spacial score (nSPS) is 15.2. The highest BCUT2D eigenvalue weighted by molar-refractivity contribution is 5.80. The fourth-order valence-electron chi connectivity index (χ4n) is 3.79. The zero-order valence-electron chi connectivity index (χ0n) is 16.5. The van der Waals surface area contributed by atoms with Crippen molar-refractivity contribution in [1.82, 2.24) is 19.8 Å². The molecule has 6 nitrogen and oxygen atoms in total. The fourth-order valence-corrected chi connectivity index (χ4v) is 3.79. The standard InChI is InChI=1S/C22H28N6/c1-23-22(27-16-14-26(15-17-27)19-8-3-2-4-9-19)24-12-7-13-28-18-25-20-10-5-6-11-21(20)28/h2-6,8-11,18H,7,12-17H2,1H3,(H,23,24). The van der Waals surface area contributed by atoms with Crippen molar-refractivity contribution in [3.8, 4) is 0 Å². The number of aryl methyl sites for hydroxylation is 1. The summed E-state index contributed by atoms with van der Waals surface area (Å²) in [5.74, 6) is 1.00. The third-order valence-electron chi connectivity index (χ3n) is 5.30. The van der Waals surface area contributed by atoms with Gasteiger partial charge in [0.2, 0.25) is 0 Å². The third-order valence-corrected chi connectivity index (χ3v) is 5.30. The van der Waals surface area contributed by atoms with Crippen LogP contribution in [0, 0.1) is 0 Å². The second-order valence-electron chi connectivity index (χ2n) is 7.06. The maximum atomic E-state index is 4.49. The van der Waals surface area contributed by atoms with E-state index in [-0.39, 0.29) is 0 Å². The Morgan fingerprint density at radius 2 is 1.75 bits per heavy atom. The van der Waals surface area contributed by atoms with Gasteiger partial charge in [0.25, 0.3) is 0 Å². The van der Waals surface area contributed by atoms with Crippen LogP contribution in [-0.2, 0) is 6.54 Å². The summed E-state index contributed by atoms with van der Waals surface area (Å²) in [6, 6.07) is 18.9. The number of benzene rings is 2. The monoisotopic (exact) mass is 376 g/mol. The third kappa shape index (κ3) is 4.11. The van der Waals surface area contributed by atoms with Crippen molar-refractivity contribution in [2.45, 2.75) is 13.0 Å². The van der Waals surface area contributed by atoms with Crippen LogP contribution in [0.25, 0.3) is 11.0 Å². The van der Waals surface area contributed by atoms with E-state index in [1.54, 1.807) is 0 Å². The number of anilines is 1. The van der Waals surface area contributed by atoms with E-state index < -0.39 is 0 Å². The SMILES string of the molecule is CN=C(NCCCn1cnc2ccccc21)N1CCN(c2ccccc2)CC1. The van der Waals surface area contributed by atoms with E-state index in [9.17, 15) is 0 Å². The van der Waals surface area contributed by atoms with Crippen molar-refractivity contribution in [1.29, 1.82) is 0 Å². The lowest BCUT2D eigenvalue weighted by molar-refractivity contribution is 0.372. The number of hydrogen-bond donors (Lipinski definition) is 1. The van der Waals surface area contributed by atoms with Crippen LogP contribution in [0.5, 0.6) is 0 Å². The molecular formula is C22H28N6. The Bertz CT molecular complexity index is 909. The van der Waals surface area contributed by atoms with Gasteiger partial charge in [0, 0.05) is 52.0 Å². The maximum Gasteiger partial charge on any atom is 0.193 e. The van der Waals surface area contributed by atoms with Crippen molar-refractivity contribution in [2.75, 3.05) is 44.7 Å². The number of aromatic nitrogens is 2. The number of rotatable bonds is 5. The first-order valence-electron chi connectivity index (χ1n) is 10.0. The first-order valence-corrected chi connectivity index (χ1v) is 10.0. The predicted octanol–water partition coefficient (Wildman–Crippen LogP) is 2.82. The molecule has 0 unspecified atom stereocenters. The van der Waals surface area contributed by atoms with E-state index in [0.29, 0.717) is 0 Å². The molecule has 28 heavy (non-hydrogen) atoms. The highest BCUT2D eigenvalue weighted by Crippen LogP contribution is 2.15. The van der Waals surface area contributed by atoms with Crippen LogP contribution in [0.4, 0.5) is 5.69 Å². The second kappa shape index (κ2) is 8.78. The van der Waals surface area contributed by atoms with Gasteiger partial charge < -0.3 is 19.7 Å². The maximum absolute atomic E-state index is 4.49. The lowest BCUT2D eigenvalue weighted by atomic mass is 10.2. The molecular weight excluding hydrogens is 348 g/mol. The number of nitrogens with one attached hydrogen (secondary N) is 1. The Balaban J connectivity index is 1.24. The summed E-state index contributed by atoms with van der Waals surface area (Å²) in [4.78, 5) is 13.7. The summed E-state index contributed by atoms with van der Waals surface area (Å²) in [6.07, 6.45) is 2.96. The molecule has 1 N–H and O–H groups in total. The molecule has 0 atom stereocenters. The van der Waals surface area contributed by atoms with Gasteiger partial charge in [0.15, 0.2) is 5.96 Å². The Morgan fingerprint density at radius 1 is 1.00 bits per heavy atom. The zero-order valence-corrected chi connectivity index (χ0v) is 16.5. The molecule has 0 spiro atoms. The van der Waals surface area contributed by atoms with Gasteiger partial charge in [-0.25, -0.2) is 4.98 Å². The number of nitrogens with zero attached hydrogens (tertiary/aromatic N) is 5. The Morgan fingerprint density at radius 3 is 2.54 bits per heavy atom. The summed E-state index contributed by atoms with van der Waals surface area (Å²) >= 11 is 0. The molecule has 1 aromatic heterocycles. The average molecular weight is 377 g/mol. The van der Waals surface area contributed by atoms with Crippen LogP contribution in [0.2, 0.25) is 0 Å². The van der Waals surface area contributed by atoms with Gasteiger partial charge >= 0.3 is 0 Å². The van der Waals surface area contributed by atoms with E-state index in [1.807, 2.05) is 19.4 Å². The zero-order chi connectivity index (χ0) is 19.2. The van der Waals surface area contributed by atoms with Gasteiger partial charge in [-0.15, -0.1) is 0 Å². The number of fused-ring (bicyclic) bond motifs is 1. The van der Waals surface area contributed by atoms with Crippen LogP contribution < -0.4 is 10.2 Å². The number of guanidine groups is 1. The smallest absolute Gasteiger partial charge is 0.193 e. The van der Waals surface area contributed by atoms with E-state index in [4.69, 9.17) is 0 Å². The first kappa shape index (κ1) is 18.3. The molecule has 0 bridgehead atoms. The summed E-state index contributed by atoms with van der Waals surface area (Å²) in [7, 11) is 1.87. The number of hydrogen-bond acceptors (Lipinski definition) is 3. The van der Waals surface area contributed by atoms with Crippen LogP contribution in [-0.4, -0.2) is 60.2 Å². The highest BCUT2D eigenvalue weighted by atomic mass is 15.3. The van der Waals surface area contributed by atoms with Crippen molar-refractivity contribution < 1.29 is 0 Å². The van der Waals surface area contributed by atoms with E-state index in [1.165, 1.54) is 11.2 Å². The van der Waals surface area contributed by atoms with Crippen molar-refractivity contribution in [3.05, 3.63) is 60.9 Å². The minimum absolute atomic E-state index is 0.901. The first-order chi connectivity index (χ1) is 13.8. The van der Waals surface area contributed by atoms with Crippen LogP contribution in [0.15, 0.2) is 65.9 Å². The van der Waals surface area contributed by atoms with Gasteiger partial charge in [0.1, 0.15) is 0 Å². The Kier molecular flexibility index (Phi) is 5.75. The molecule has 1 fully saturated rings. The quantitative estimate of drug-likeness (QED) is 0.423. The summed E-state index contributed by atoms with van der Waals surface area (Å²) in [6.45, 7) is 5.86. The molecule has 0 aliphatic carbocycles. The molecule has 1 saturated heterocycles. The molecule has 2 heterocycles. The van der Waals surface area contributed by atoms with Crippen LogP contribution >= 0.6 is 0 Å². The molecule has 1 aliphatic heterocycles. The van der Waals surface area contributed by atoms with Crippen molar-refractivity contribution in [3.63, 3.8) is 0 Å². The second-order valence-corrected chi connectivity index (χ2v) is 7.06. The molecule has 0 saturated carbocycles. The Labute approximate surface area is 166 Å². The minimum Gasteiger partial charge on any atom is -0.368 e. The van der Waals surface area contributed by atoms with Crippen molar-refractivity contribution in [2.24, 2.45) is 4.99 Å². The van der Waals surface area contributed by atoms with Gasteiger partial charge in [-0.3, -0.25) is 4.99 Å². The van der Waals surface area contributed by atoms with E-state index in [0.717, 1.165) is 57.2 Å². The van der Waals surface area contributed by atoms with Crippen molar-refractivity contribution >= 4 is 22.7 Å². The average Bonchev–Trinajstić information content (AvgIpc) is 3.18. The van der Waals surface area contributed by atoms with Gasteiger partial charge in [0.05, 0.1) is 17.4 Å². The molecule has 3 aromatic rings. The Hall–Kier alpha value is -3.02. The molecule has 1 aliphatic rings. The van der Waals surface area contributed by atoms with E-state index in [2.05, 4.69) is 78.2 Å². The summed E-state index contributed by atoms with van der Waals surface area (Å²) < 4.78 is 2.22. The van der Waals surface area contributed by atoms with Gasteiger partial charge in [-0.05, 0) is 30.7 Å². The predicted molar refractivity (Wildman–Crippen MR) is 116 cm³/mol. The molecule has 2 aromatic carbocycles. The number of piperazine rings is 1. The topological polar surface area (TPSA) is 48.7 Å². The molecule has 6 heteroatoms. The molecule has 0 radical (unpaired) electrons. The van der Waals surface area contributed by atoms with Crippen LogP contribution in [0.3, 0.4) is 0 Å². The highest BCUT2D eigenvalue weighted by Gasteiger charge is 2.19. The largest absolute Gasteiger partial charge is 0.368 e. The molecule has 4 rings (SSSR count). The lowest BCUT2D eigenvalue weighted by Crippen LogP contribution is -2.52. The van der Waals surface area contributed by atoms with Gasteiger partial charge in [-0.2, -0.15) is 0 Å². The summed E-state index contributed by atoms with van der Waals surface area (Å²) in [5.41, 5.74) is 3.56. The molecule has 0 amide bonds. The van der Waals surface area contributed by atoms with Crippen LogP contribution in [0.1, 0.15) is 6.42 Å². The van der Waals surface area contributed by atoms with Gasteiger partial charge in [-0.1, -0.05) is 30.3 Å².